The second-order valence-corrected chi connectivity index (χ2v) is 7.03. The van der Waals surface area contributed by atoms with E-state index in [0.29, 0.717) is 5.30 Å². The monoisotopic (exact) mass is 321 g/mol. The van der Waals surface area contributed by atoms with Gasteiger partial charge < -0.3 is 9.63 Å². The highest BCUT2D eigenvalue weighted by Crippen LogP contribution is 2.57. The molecule has 22 heavy (non-hydrogen) atoms. The van der Waals surface area contributed by atoms with Crippen LogP contribution >= 0.6 is 7.37 Å². The van der Waals surface area contributed by atoms with Gasteiger partial charge in [0.25, 0.3) is 13.1 Å². The van der Waals surface area contributed by atoms with Gasteiger partial charge in [0.05, 0.1) is 11.5 Å². The van der Waals surface area contributed by atoms with Gasteiger partial charge in [-0.2, -0.15) is 0 Å². The molecule has 0 amide bonds. The molecule has 116 valence electrons. The first-order chi connectivity index (χ1) is 10.5. The van der Waals surface area contributed by atoms with E-state index in [1.54, 1.807) is 37.3 Å². The van der Waals surface area contributed by atoms with Crippen LogP contribution in [0, 0.1) is 10.1 Å². The normalized spacial score (nSPS) is 15.0. The standard InChI is InChI=1S/C15H16NO5P/c1-2-21-22(20,14-9-4-3-5-10-14)15(17)12-7-6-8-13(11-12)16(18)19/h3-11,15,17H,2H2,1H3. The van der Waals surface area contributed by atoms with E-state index in [9.17, 15) is 19.8 Å². The molecular formula is C15H16NO5P. The van der Waals surface area contributed by atoms with E-state index in [4.69, 9.17) is 4.52 Å². The van der Waals surface area contributed by atoms with Gasteiger partial charge in [-0.25, -0.2) is 0 Å². The molecule has 0 saturated carbocycles. The summed E-state index contributed by atoms with van der Waals surface area (Å²) in [6.45, 7) is 1.83. The number of nitro groups is 1. The molecule has 0 heterocycles. The number of non-ortho nitro benzene ring substituents is 1. The summed E-state index contributed by atoms with van der Waals surface area (Å²) in [5, 5.41) is 21.7. The topological polar surface area (TPSA) is 89.7 Å². The Balaban J connectivity index is 2.47. The average molecular weight is 321 g/mol. The third-order valence-corrected chi connectivity index (χ3v) is 5.74. The van der Waals surface area contributed by atoms with Gasteiger partial charge in [0.2, 0.25) is 0 Å². The minimum atomic E-state index is -3.60. The largest absolute Gasteiger partial charge is 0.378 e. The number of rotatable bonds is 6. The van der Waals surface area contributed by atoms with Gasteiger partial charge in [0, 0.05) is 17.4 Å². The molecule has 0 fully saturated rings. The lowest BCUT2D eigenvalue weighted by atomic mass is 10.2. The lowest BCUT2D eigenvalue weighted by Crippen LogP contribution is -2.14. The summed E-state index contributed by atoms with van der Waals surface area (Å²) in [5.41, 5.74) is 0.0162. The van der Waals surface area contributed by atoms with Crippen LogP contribution in [0.3, 0.4) is 0 Å². The van der Waals surface area contributed by atoms with Crippen molar-refractivity contribution in [3.63, 3.8) is 0 Å². The molecule has 0 aliphatic heterocycles. The van der Waals surface area contributed by atoms with Gasteiger partial charge in [-0.05, 0) is 24.6 Å². The van der Waals surface area contributed by atoms with Crippen molar-refractivity contribution in [1.82, 2.24) is 0 Å². The van der Waals surface area contributed by atoms with Gasteiger partial charge in [-0.3, -0.25) is 14.7 Å². The molecule has 7 heteroatoms. The Hall–Kier alpha value is -2.01. The zero-order valence-electron chi connectivity index (χ0n) is 12.0. The highest BCUT2D eigenvalue weighted by Gasteiger charge is 2.36. The van der Waals surface area contributed by atoms with Crippen LogP contribution in [0.2, 0.25) is 0 Å². The third kappa shape index (κ3) is 3.25. The zero-order chi connectivity index (χ0) is 16.2. The predicted octanol–water partition coefficient (Wildman–Crippen LogP) is 3.23. The SMILES string of the molecule is CCOP(=O)(c1ccccc1)C(O)c1cccc([N+](=O)[O-])c1. The lowest BCUT2D eigenvalue weighted by Gasteiger charge is -2.23. The smallest absolute Gasteiger partial charge is 0.269 e. The van der Waals surface area contributed by atoms with Crippen molar-refractivity contribution < 1.29 is 19.1 Å². The van der Waals surface area contributed by atoms with Crippen molar-refractivity contribution in [2.24, 2.45) is 0 Å². The van der Waals surface area contributed by atoms with E-state index >= 15 is 0 Å². The number of aliphatic hydroxyl groups excluding tert-OH is 1. The summed E-state index contributed by atoms with van der Waals surface area (Å²) in [4.78, 5) is 10.3. The Morgan fingerprint density at radius 2 is 1.91 bits per heavy atom. The van der Waals surface area contributed by atoms with Crippen molar-refractivity contribution in [3.8, 4) is 0 Å². The molecule has 0 spiro atoms. The Bertz CT molecular complexity index is 704. The minimum Gasteiger partial charge on any atom is -0.378 e. The number of nitro benzene ring substituents is 1. The molecule has 2 rings (SSSR count). The first kappa shape index (κ1) is 16.4. The highest BCUT2D eigenvalue weighted by atomic mass is 31.2. The van der Waals surface area contributed by atoms with Crippen LogP contribution in [0.5, 0.6) is 0 Å². The van der Waals surface area contributed by atoms with Gasteiger partial charge in [0.15, 0.2) is 5.85 Å². The number of benzene rings is 2. The molecule has 0 radical (unpaired) electrons. The molecule has 1 N–H and O–H groups in total. The Kier molecular flexibility index (Phi) is 5.08. The zero-order valence-corrected chi connectivity index (χ0v) is 12.8. The lowest BCUT2D eigenvalue weighted by molar-refractivity contribution is -0.384. The van der Waals surface area contributed by atoms with Crippen LogP contribution in [0.1, 0.15) is 18.3 Å². The predicted molar refractivity (Wildman–Crippen MR) is 83.4 cm³/mol. The number of hydrogen-bond donors (Lipinski definition) is 1. The summed E-state index contributed by atoms with van der Waals surface area (Å²) in [5.74, 6) is -1.46. The van der Waals surface area contributed by atoms with Gasteiger partial charge in [-0.15, -0.1) is 0 Å². The van der Waals surface area contributed by atoms with E-state index in [0.717, 1.165) is 0 Å². The maximum atomic E-state index is 13.2. The van der Waals surface area contributed by atoms with Crippen molar-refractivity contribution in [2.45, 2.75) is 12.8 Å². The molecular weight excluding hydrogens is 305 g/mol. The molecule has 6 nitrogen and oxygen atoms in total. The fourth-order valence-corrected chi connectivity index (χ4v) is 4.21. The van der Waals surface area contributed by atoms with Crippen LogP contribution < -0.4 is 5.30 Å². The quantitative estimate of drug-likeness (QED) is 0.501. The molecule has 2 aromatic carbocycles. The molecule has 0 saturated heterocycles. The molecule has 2 aromatic rings. The molecule has 0 bridgehead atoms. The average Bonchev–Trinajstić information content (AvgIpc) is 2.55. The van der Waals surface area contributed by atoms with Crippen LogP contribution in [0.4, 0.5) is 5.69 Å². The summed E-state index contributed by atoms with van der Waals surface area (Å²) in [6, 6.07) is 13.8. The Morgan fingerprint density at radius 3 is 2.50 bits per heavy atom. The molecule has 0 aliphatic rings. The summed E-state index contributed by atoms with van der Waals surface area (Å²) in [6.07, 6.45) is 0. The molecule has 0 aliphatic carbocycles. The van der Waals surface area contributed by atoms with Crippen molar-refractivity contribution in [2.75, 3.05) is 6.61 Å². The molecule has 2 unspecified atom stereocenters. The highest BCUT2D eigenvalue weighted by molar-refractivity contribution is 7.67. The van der Waals surface area contributed by atoms with E-state index in [1.807, 2.05) is 0 Å². The fraction of sp³-hybridized carbons (Fsp3) is 0.200. The Labute approximate surface area is 128 Å². The summed E-state index contributed by atoms with van der Waals surface area (Å²) < 4.78 is 18.5. The van der Waals surface area contributed by atoms with Gasteiger partial charge in [0.1, 0.15) is 0 Å². The fourth-order valence-electron chi connectivity index (χ4n) is 2.11. The summed E-state index contributed by atoms with van der Waals surface area (Å²) in [7, 11) is -3.60. The van der Waals surface area contributed by atoms with Crippen LogP contribution in [-0.2, 0) is 9.09 Å². The first-order valence-electron chi connectivity index (χ1n) is 6.71. The van der Waals surface area contributed by atoms with Crippen LogP contribution in [0.25, 0.3) is 0 Å². The van der Waals surface area contributed by atoms with Crippen molar-refractivity contribution in [3.05, 3.63) is 70.3 Å². The molecule has 0 aromatic heterocycles. The van der Waals surface area contributed by atoms with E-state index in [2.05, 4.69) is 0 Å². The number of hydrogen-bond acceptors (Lipinski definition) is 5. The maximum absolute atomic E-state index is 13.2. The van der Waals surface area contributed by atoms with E-state index in [1.165, 1.54) is 24.3 Å². The van der Waals surface area contributed by atoms with Gasteiger partial charge >= 0.3 is 0 Å². The summed E-state index contributed by atoms with van der Waals surface area (Å²) >= 11 is 0. The van der Waals surface area contributed by atoms with E-state index < -0.39 is 18.1 Å². The first-order valence-corrected chi connectivity index (χ1v) is 8.40. The van der Waals surface area contributed by atoms with Crippen LogP contribution in [0.15, 0.2) is 54.6 Å². The number of nitrogens with zero attached hydrogens (tertiary/aromatic N) is 1. The maximum Gasteiger partial charge on any atom is 0.269 e. The van der Waals surface area contributed by atoms with Crippen LogP contribution in [-0.4, -0.2) is 16.6 Å². The minimum absolute atomic E-state index is 0.151. The van der Waals surface area contributed by atoms with E-state index in [-0.39, 0.29) is 17.9 Å². The van der Waals surface area contributed by atoms with Gasteiger partial charge in [-0.1, -0.05) is 30.3 Å². The molecule has 2 atom stereocenters. The third-order valence-electron chi connectivity index (χ3n) is 3.14. The Morgan fingerprint density at radius 1 is 1.23 bits per heavy atom. The number of aliphatic hydroxyl groups is 1. The second-order valence-electron chi connectivity index (χ2n) is 4.58. The van der Waals surface area contributed by atoms with Crippen molar-refractivity contribution >= 4 is 18.4 Å². The van der Waals surface area contributed by atoms with Crippen molar-refractivity contribution in [1.29, 1.82) is 0 Å². The second kappa shape index (κ2) is 6.83.